The largest absolute Gasteiger partial charge is 0.480 e. The molecule has 1 amide bonds. The lowest BCUT2D eigenvalue weighted by molar-refractivity contribution is -0.153. The maximum absolute atomic E-state index is 13.0. The van der Waals surface area contributed by atoms with Crippen LogP contribution in [0.15, 0.2) is 28.7 Å². The lowest BCUT2D eigenvalue weighted by atomic mass is 9.85. The number of hydrogen-bond acceptors (Lipinski definition) is 5. The molecule has 1 aliphatic carbocycles. The van der Waals surface area contributed by atoms with Crippen LogP contribution in [0.5, 0.6) is 0 Å². The Balaban J connectivity index is 1.60. The fourth-order valence-corrected chi connectivity index (χ4v) is 4.42. The van der Waals surface area contributed by atoms with Crippen molar-refractivity contribution in [3.05, 3.63) is 41.3 Å². The molecule has 32 heavy (non-hydrogen) atoms. The molecule has 3 atom stereocenters. The third-order valence-corrected chi connectivity index (χ3v) is 6.27. The number of ether oxygens (including phenoxy) is 1. The van der Waals surface area contributed by atoms with Gasteiger partial charge in [0.05, 0.1) is 12.7 Å². The van der Waals surface area contributed by atoms with Crippen molar-refractivity contribution in [2.75, 3.05) is 7.05 Å². The van der Waals surface area contributed by atoms with Gasteiger partial charge in [0.25, 0.3) is 0 Å². The number of oxazole rings is 1. The van der Waals surface area contributed by atoms with Crippen LogP contribution in [0.2, 0.25) is 0 Å². The summed E-state index contributed by atoms with van der Waals surface area (Å²) in [7, 11) is 1.59. The number of carboxylic acid groups (broad SMARTS) is 1. The maximum atomic E-state index is 13.0. The second-order valence-corrected chi connectivity index (χ2v) is 9.16. The van der Waals surface area contributed by atoms with Gasteiger partial charge in [-0.15, -0.1) is 0 Å². The third-order valence-electron chi connectivity index (χ3n) is 6.27. The van der Waals surface area contributed by atoms with Crippen molar-refractivity contribution in [3.8, 4) is 11.5 Å². The van der Waals surface area contributed by atoms with Gasteiger partial charge in [-0.05, 0) is 51.2 Å². The van der Waals surface area contributed by atoms with Crippen molar-refractivity contribution in [2.24, 2.45) is 11.8 Å². The molecule has 7 heteroatoms. The number of hydrogen-bond donors (Lipinski definition) is 1. The van der Waals surface area contributed by atoms with E-state index in [1.54, 1.807) is 7.05 Å². The van der Waals surface area contributed by atoms with Crippen molar-refractivity contribution in [3.63, 3.8) is 0 Å². The smallest absolute Gasteiger partial charge is 0.326 e. The zero-order chi connectivity index (χ0) is 23.4. The monoisotopic (exact) mass is 442 g/mol. The molecule has 0 saturated heterocycles. The number of aromatic nitrogens is 1. The molecule has 0 spiro atoms. The zero-order valence-corrected chi connectivity index (χ0v) is 19.6. The highest BCUT2D eigenvalue weighted by Gasteiger charge is 2.35. The predicted octanol–water partition coefficient (Wildman–Crippen LogP) is 4.60. The molecule has 174 valence electrons. The Hall–Kier alpha value is -2.67. The molecular weight excluding hydrogens is 408 g/mol. The molecule has 2 unspecified atom stereocenters. The van der Waals surface area contributed by atoms with Crippen LogP contribution in [0.25, 0.3) is 11.5 Å². The van der Waals surface area contributed by atoms with Crippen LogP contribution in [-0.4, -0.2) is 46.1 Å². The molecule has 0 bridgehead atoms. The van der Waals surface area contributed by atoms with E-state index in [0.717, 1.165) is 36.3 Å². The summed E-state index contributed by atoms with van der Waals surface area (Å²) in [5, 5.41) is 9.51. The van der Waals surface area contributed by atoms with E-state index >= 15 is 0 Å². The summed E-state index contributed by atoms with van der Waals surface area (Å²) >= 11 is 0. The first-order valence-corrected chi connectivity index (χ1v) is 11.3. The first-order valence-electron chi connectivity index (χ1n) is 11.3. The van der Waals surface area contributed by atoms with E-state index in [4.69, 9.17) is 9.15 Å². The maximum Gasteiger partial charge on any atom is 0.326 e. The van der Waals surface area contributed by atoms with Crippen LogP contribution in [-0.2, 0) is 20.9 Å². The van der Waals surface area contributed by atoms with Gasteiger partial charge in [-0.2, -0.15) is 0 Å². The van der Waals surface area contributed by atoms with Crippen LogP contribution in [0.3, 0.4) is 0 Å². The van der Waals surface area contributed by atoms with Gasteiger partial charge in [-0.25, -0.2) is 9.78 Å². The molecule has 1 heterocycles. The SMILES string of the molecule is Cc1ccc(-c2nc(COC3CCCC(C(=O)N(C)[C@H](C(=O)O)C(C)C)C3)c(C)o2)cc1. The molecule has 1 aromatic heterocycles. The molecule has 7 nitrogen and oxygen atoms in total. The summed E-state index contributed by atoms with van der Waals surface area (Å²) in [6.45, 7) is 7.88. The average molecular weight is 443 g/mol. The lowest BCUT2D eigenvalue weighted by Gasteiger charge is -2.34. The molecule has 1 fully saturated rings. The van der Waals surface area contributed by atoms with Crippen molar-refractivity contribution in [1.29, 1.82) is 0 Å². The van der Waals surface area contributed by atoms with Crippen LogP contribution in [0, 0.1) is 25.7 Å². The Morgan fingerprint density at radius 1 is 1.22 bits per heavy atom. The number of rotatable bonds is 8. The molecule has 2 aromatic rings. The summed E-state index contributed by atoms with van der Waals surface area (Å²) in [5.74, 6) is -0.155. The van der Waals surface area contributed by atoms with Gasteiger partial charge in [0.15, 0.2) is 0 Å². The van der Waals surface area contributed by atoms with Crippen molar-refractivity contribution in [1.82, 2.24) is 9.88 Å². The Morgan fingerprint density at radius 2 is 1.91 bits per heavy atom. The Labute approximate surface area is 189 Å². The minimum absolute atomic E-state index is 0.0626. The molecule has 0 aliphatic heterocycles. The van der Waals surface area contributed by atoms with Gasteiger partial charge in [0.2, 0.25) is 11.8 Å². The predicted molar refractivity (Wildman–Crippen MR) is 121 cm³/mol. The van der Waals surface area contributed by atoms with Crippen LogP contribution in [0.1, 0.15) is 56.5 Å². The van der Waals surface area contributed by atoms with Crippen LogP contribution >= 0.6 is 0 Å². The van der Waals surface area contributed by atoms with Gasteiger partial charge in [-0.1, -0.05) is 38.0 Å². The van der Waals surface area contributed by atoms with Gasteiger partial charge in [-0.3, -0.25) is 4.79 Å². The summed E-state index contributed by atoms with van der Waals surface area (Å²) in [6.07, 6.45) is 3.04. The van der Waals surface area contributed by atoms with Gasteiger partial charge in [0, 0.05) is 18.5 Å². The van der Waals surface area contributed by atoms with E-state index < -0.39 is 12.0 Å². The minimum atomic E-state index is -0.967. The number of aliphatic carboxylic acids is 1. The number of benzene rings is 1. The number of carboxylic acids is 1. The zero-order valence-electron chi connectivity index (χ0n) is 19.6. The number of likely N-dealkylation sites (N-methyl/N-ethyl adjacent to an activating group) is 1. The van der Waals surface area contributed by atoms with Crippen molar-refractivity contribution in [2.45, 2.75) is 72.1 Å². The van der Waals surface area contributed by atoms with Crippen molar-refractivity contribution < 1.29 is 23.8 Å². The summed E-state index contributed by atoms with van der Waals surface area (Å²) < 4.78 is 12.0. The highest BCUT2D eigenvalue weighted by Crippen LogP contribution is 2.30. The summed E-state index contributed by atoms with van der Waals surface area (Å²) in [4.78, 5) is 30.6. The van der Waals surface area contributed by atoms with E-state index in [1.807, 2.05) is 52.0 Å². The normalized spacial score (nSPS) is 19.7. The van der Waals surface area contributed by atoms with Gasteiger partial charge >= 0.3 is 5.97 Å². The van der Waals surface area contributed by atoms with Crippen molar-refractivity contribution >= 4 is 11.9 Å². The molecular formula is C25H34N2O5. The average Bonchev–Trinajstić information content (AvgIpc) is 3.12. The fraction of sp³-hybridized carbons (Fsp3) is 0.560. The first kappa shape index (κ1) is 24.0. The third kappa shape index (κ3) is 5.57. The number of aryl methyl sites for hydroxylation is 2. The van der Waals surface area contributed by atoms with Gasteiger partial charge < -0.3 is 19.2 Å². The second kappa shape index (κ2) is 10.3. The van der Waals surface area contributed by atoms with E-state index in [9.17, 15) is 14.7 Å². The topological polar surface area (TPSA) is 92.9 Å². The van der Waals surface area contributed by atoms with Crippen LogP contribution < -0.4 is 0 Å². The number of amides is 1. The molecule has 1 aliphatic rings. The first-order chi connectivity index (χ1) is 15.2. The Kier molecular flexibility index (Phi) is 7.72. The summed E-state index contributed by atoms with van der Waals surface area (Å²) in [5.41, 5.74) is 2.86. The Bertz CT molecular complexity index is 934. The molecule has 1 aromatic carbocycles. The van der Waals surface area contributed by atoms with Gasteiger partial charge in [0.1, 0.15) is 17.5 Å². The van der Waals surface area contributed by atoms with E-state index in [1.165, 1.54) is 10.5 Å². The highest BCUT2D eigenvalue weighted by atomic mass is 16.5. The van der Waals surface area contributed by atoms with E-state index in [-0.39, 0.29) is 23.8 Å². The number of carbonyl (C=O) groups is 2. The molecule has 0 radical (unpaired) electrons. The van der Waals surface area contributed by atoms with Crippen LogP contribution in [0.4, 0.5) is 0 Å². The number of nitrogens with zero attached hydrogens (tertiary/aromatic N) is 2. The molecule has 1 N–H and O–H groups in total. The lowest BCUT2D eigenvalue weighted by Crippen LogP contribution is -2.48. The molecule has 1 saturated carbocycles. The summed E-state index contributed by atoms with van der Waals surface area (Å²) in [6, 6.07) is 7.20. The fourth-order valence-electron chi connectivity index (χ4n) is 4.42. The quantitative estimate of drug-likeness (QED) is 0.642. The van der Waals surface area contributed by atoms with E-state index in [2.05, 4.69) is 4.98 Å². The Morgan fingerprint density at radius 3 is 2.53 bits per heavy atom. The standard InChI is InChI=1S/C25H34N2O5/c1-15(2)22(25(29)30)27(5)24(28)19-7-6-8-20(13-19)31-14-21-17(4)32-23(26-21)18-11-9-16(3)10-12-18/h9-12,15,19-20,22H,6-8,13-14H2,1-5H3,(H,29,30)/t19?,20?,22-/m0/s1. The highest BCUT2D eigenvalue weighted by molar-refractivity contribution is 5.85. The number of carbonyl (C=O) groups excluding carboxylic acids is 1. The van der Waals surface area contributed by atoms with E-state index in [0.29, 0.717) is 18.9 Å². The second-order valence-electron chi connectivity index (χ2n) is 9.16. The molecule has 3 rings (SSSR count). The minimum Gasteiger partial charge on any atom is -0.480 e.